The SMILES string of the molecule is C=CC(=O)Cc1ccc2c(-c3ccccc3CNc3nc(-c4ccncc4)nc4c(C(C)C)cnn34)nccc2c1. The van der Waals surface area contributed by atoms with Crippen molar-refractivity contribution < 1.29 is 4.79 Å². The average molecular weight is 540 g/mol. The standard InChI is InChI=1S/C33H29N7O/c1-4-26(41)18-22-9-10-28-24(17-22)13-16-35-30(28)27-8-6-5-7-25(27)19-36-33-39-31(23-11-14-34-15-12-23)38-32-29(21(2)3)20-37-40(32)33/h4-17,20-21H,1,18-19H2,2-3H3,(H,36,38,39). The van der Waals surface area contributed by atoms with Gasteiger partial charge in [0.1, 0.15) is 0 Å². The van der Waals surface area contributed by atoms with Gasteiger partial charge in [-0.25, -0.2) is 4.98 Å². The number of hydrogen-bond donors (Lipinski definition) is 1. The van der Waals surface area contributed by atoms with Crippen LogP contribution in [-0.2, 0) is 17.8 Å². The number of allylic oxidation sites excluding steroid dienone is 1. The van der Waals surface area contributed by atoms with E-state index in [2.05, 4.69) is 48.0 Å². The maximum Gasteiger partial charge on any atom is 0.228 e. The lowest BCUT2D eigenvalue weighted by Crippen LogP contribution is -2.11. The van der Waals surface area contributed by atoms with Gasteiger partial charge < -0.3 is 5.32 Å². The van der Waals surface area contributed by atoms with Crippen LogP contribution in [0.4, 0.5) is 5.95 Å². The van der Waals surface area contributed by atoms with Crippen LogP contribution in [0.3, 0.4) is 0 Å². The van der Waals surface area contributed by atoms with Crippen LogP contribution < -0.4 is 5.32 Å². The second-order valence-corrected chi connectivity index (χ2v) is 10.2. The van der Waals surface area contributed by atoms with E-state index in [1.165, 1.54) is 6.08 Å². The Labute approximate surface area is 237 Å². The zero-order valence-corrected chi connectivity index (χ0v) is 23.0. The lowest BCUT2D eigenvalue weighted by molar-refractivity contribution is -0.114. The molecule has 1 N–H and O–H groups in total. The highest BCUT2D eigenvalue weighted by Gasteiger charge is 2.17. The van der Waals surface area contributed by atoms with E-state index in [1.54, 1.807) is 16.9 Å². The molecule has 4 heterocycles. The van der Waals surface area contributed by atoms with Crippen molar-refractivity contribution in [2.45, 2.75) is 32.7 Å². The monoisotopic (exact) mass is 539 g/mol. The minimum Gasteiger partial charge on any atom is -0.350 e. The molecule has 0 unspecified atom stereocenters. The third-order valence-electron chi connectivity index (χ3n) is 7.10. The third-order valence-corrected chi connectivity index (χ3v) is 7.10. The van der Waals surface area contributed by atoms with Crippen molar-refractivity contribution in [1.82, 2.24) is 29.5 Å². The normalized spacial score (nSPS) is 11.3. The molecule has 0 saturated heterocycles. The smallest absolute Gasteiger partial charge is 0.228 e. The fourth-order valence-electron chi connectivity index (χ4n) is 4.95. The first-order chi connectivity index (χ1) is 20.0. The maximum atomic E-state index is 11.9. The molecule has 4 aromatic heterocycles. The summed E-state index contributed by atoms with van der Waals surface area (Å²) in [5, 5.41) is 10.2. The molecule has 0 fully saturated rings. The van der Waals surface area contributed by atoms with Crippen molar-refractivity contribution >= 4 is 28.2 Å². The van der Waals surface area contributed by atoms with Crippen LogP contribution in [0.25, 0.3) is 39.1 Å². The van der Waals surface area contributed by atoms with Crippen LogP contribution in [0, 0.1) is 0 Å². The predicted octanol–water partition coefficient (Wildman–Crippen LogP) is 6.43. The Morgan fingerprint density at radius 2 is 1.85 bits per heavy atom. The van der Waals surface area contributed by atoms with Crippen molar-refractivity contribution in [2.75, 3.05) is 5.32 Å². The number of aromatic nitrogens is 6. The van der Waals surface area contributed by atoms with Crippen LogP contribution in [-0.4, -0.2) is 35.3 Å². The van der Waals surface area contributed by atoms with E-state index < -0.39 is 0 Å². The van der Waals surface area contributed by atoms with Crippen LogP contribution in [0.2, 0.25) is 0 Å². The predicted molar refractivity (Wildman–Crippen MR) is 162 cm³/mol. The van der Waals surface area contributed by atoms with E-state index in [4.69, 9.17) is 15.0 Å². The molecule has 0 saturated carbocycles. The summed E-state index contributed by atoms with van der Waals surface area (Å²) in [6.45, 7) is 8.35. The first-order valence-electron chi connectivity index (χ1n) is 13.5. The Kier molecular flexibility index (Phi) is 7.04. The summed E-state index contributed by atoms with van der Waals surface area (Å²) in [6, 6.07) is 20.1. The highest BCUT2D eigenvalue weighted by Crippen LogP contribution is 2.31. The Morgan fingerprint density at radius 3 is 2.66 bits per heavy atom. The molecule has 2 aromatic carbocycles. The summed E-state index contributed by atoms with van der Waals surface area (Å²) in [5.41, 5.74) is 6.63. The summed E-state index contributed by atoms with van der Waals surface area (Å²) in [4.78, 5) is 30.5. The average Bonchev–Trinajstić information content (AvgIpc) is 3.45. The van der Waals surface area contributed by atoms with Gasteiger partial charge in [-0.2, -0.15) is 14.6 Å². The fraction of sp³-hybridized carbons (Fsp3) is 0.152. The number of nitrogens with zero attached hydrogens (tertiary/aromatic N) is 6. The van der Waals surface area contributed by atoms with E-state index in [9.17, 15) is 4.79 Å². The fourth-order valence-corrected chi connectivity index (χ4v) is 4.95. The number of hydrogen-bond acceptors (Lipinski definition) is 7. The third kappa shape index (κ3) is 5.19. The van der Waals surface area contributed by atoms with Gasteiger partial charge in [-0.1, -0.05) is 62.9 Å². The molecule has 6 aromatic rings. The number of ketones is 1. The first kappa shape index (κ1) is 26.0. The molecule has 0 atom stereocenters. The molecule has 0 aliphatic rings. The summed E-state index contributed by atoms with van der Waals surface area (Å²) >= 11 is 0. The molecular formula is C33H29N7O. The molecule has 0 aliphatic heterocycles. The van der Waals surface area contributed by atoms with Gasteiger partial charge in [0, 0.05) is 53.6 Å². The van der Waals surface area contributed by atoms with Gasteiger partial charge in [0.2, 0.25) is 5.95 Å². The molecule has 8 heteroatoms. The molecule has 6 rings (SSSR count). The van der Waals surface area contributed by atoms with Crippen molar-refractivity contribution in [3.8, 4) is 22.6 Å². The summed E-state index contributed by atoms with van der Waals surface area (Å²) in [7, 11) is 0. The van der Waals surface area contributed by atoms with Crippen molar-refractivity contribution in [3.63, 3.8) is 0 Å². The lowest BCUT2D eigenvalue weighted by Gasteiger charge is -2.14. The Morgan fingerprint density at radius 1 is 1.02 bits per heavy atom. The number of benzene rings is 2. The Bertz CT molecular complexity index is 1890. The maximum absolute atomic E-state index is 11.9. The lowest BCUT2D eigenvalue weighted by atomic mass is 9.97. The van der Waals surface area contributed by atoms with Crippen LogP contribution in [0.15, 0.2) is 98.1 Å². The van der Waals surface area contributed by atoms with Crippen LogP contribution in [0.1, 0.15) is 36.5 Å². The second kappa shape index (κ2) is 11.1. The van der Waals surface area contributed by atoms with E-state index in [1.807, 2.05) is 60.9 Å². The minimum atomic E-state index is -0.00124. The van der Waals surface area contributed by atoms with E-state index in [0.29, 0.717) is 24.7 Å². The highest BCUT2D eigenvalue weighted by molar-refractivity contribution is 5.97. The largest absolute Gasteiger partial charge is 0.350 e. The molecular weight excluding hydrogens is 510 g/mol. The number of nitrogens with one attached hydrogen (secondary N) is 1. The second-order valence-electron chi connectivity index (χ2n) is 10.2. The van der Waals surface area contributed by atoms with Gasteiger partial charge in [-0.3, -0.25) is 14.8 Å². The number of rotatable bonds is 9. The molecule has 0 bridgehead atoms. The molecule has 0 spiro atoms. The van der Waals surface area contributed by atoms with Crippen molar-refractivity contribution in [1.29, 1.82) is 0 Å². The zero-order valence-electron chi connectivity index (χ0n) is 23.0. The Balaban J connectivity index is 1.38. The summed E-state index contributed by atoms with van der Waals surface area (Å²) in [5.74, 6) is 1.47. The molecule has 0 amide bonds. The molecule has 8 nitrogen and oxygen atoms in total. The van der Waals surface area contributed by atoms with Crippen molar-refractivity contribution in [2.24, 2.45) is 0 Å². The van der Waals surface area contributed by atoms with Gasteiger partial charge >= 0.3 is 0 Å². The van der Waals surface area contributed by atoms with Crippen molar-refractivity contribution in [3.05, 3.63) is 115 Å². The number of pyridine rings is 2. The number of fused-ring (bicyclic) bond motifs is 2. The minimum absolute atomic E-state index is 0.00124. The van der Waals surface area contributed by atoms with Crippen LogP contribution in [0.5, 0.6) is 0 Å². The quantitative estimate of drug-likeness (QED) is 0.211. The van der Waals surface area contributed by atoms with E-state index in [0.717, 1.165) is 49.9 Å². The van der Waals surface area contributed by atoms with Gasteiger partial charge in [0.05, 0.1) is 11.9 Å². The number of carbonyl (C=O) groups is 1. The number of carbonyl (C=O) groups excluding carboxylic acids is 1. The van der Waals surface area contributed by atoms with Gasteiger partial charge in [0.15, 0.2) is 17.3 Å². The topological polar surface area (TPSA) is 98.0 Å². The van der Waals surface area contributed by atoms with Gasteiger partial charge in [-0.15, -0.1) is 0 Å². The van der Waals surface area contributed by atoms with Crippen LogP contribution >= 0.6 is 0 Å². The zero-order chi connectivity index (χ0) is 28.3. The molecule has 0 radical (unpaired) electrons. The van der Waals surface area contributed by atoms with Gasteiger partial charge in [0.25, 0.3) is 0 Å². The Hall–Kier alpha value is -5.24. The van der Waals surface area contributed by atoms with E-state index >= 15 is 0 Å². The van der Waals surface area contributed by atoms with Gasteiger partial charge in [-0.05, 0) is 46.7 Å². The molecule has 0 aliphatic carbocycles. The first-order valence-corrected chi connectivity index (χ1v) is 13.5. The summed E-state index contributed by atoms with van der Waals surface area (Å²) in [6.07, 6.45) is 8.85. The molecule has 41 heavy (non-hydrogen) atoms. The summed E-state index contributed by atoms with van der Waals surface area (Å²) < 4.78 is 1.77. The van der Waals surface area contributed by atoms with E-state index in [-0.39, 0.29) is 11.7 Å². The number of anilines is 1. The molecule has 202 valence electrons. The highest BCUT2D eigenvalue weighted by atomic mass is 16.1.